The van der Waals surface area contributed by atoms with Crippen LogP contribution in [0, 0.1) is 0 Å². The molecule has 0 spiro atoms. The lowest BCUT2D eigenvalue weighted by Gasteiger charge is -2.10. The summed E-state index contributed by atoms with van der Waals surface area (Å²) in [4.78, 5) is 0. The number of hydrogen-bond acceptors (Lipinski definition) is 3. The molecule has 0 aromatic heterocycles. The Hall–Kier alpha value is -0.900. The van der Waals surface area contributed by atoms with Gasteiger partial charge in [-0.2, -0.15) is 0 Å². The fourth-order valence-electron chi connectivity index (χ4n) is 2.10. The van der Waals surface area contributed by atoms with E-state index in [0.717, 1.165) is 19.7 Å². The van der Waals surface area contributed by atoms with Crippen LogP contribution < -0.4 is 5.32 Å². The van der Waals surface area contributed by atoms with Crippen LogP contribution in [0.4, 0.5) is 0 Å². The van der Waals surface area contributed by atoms with Crippen LogP contribution in [0.3, 0.4) is 0 Å². The fourth-order valence-corrected chi connectivity index (χ4v) is 2.10. The molecule has 0 amide bonds. The lowest BCUT2D eigenvalue weighted by molar-refractivity contribution is 0.110. The summed E-state index contributed by atoms with van der Waals surface area (Å²) in [6.07, 6.45) is 2.82. The first-order chi connectivity index (χ1) is 8.38. The highest BCUT2D eigenvalue weighted by molar-refractivity contribution is 5.21. The van der Waals surface area contributed by atoms with Crippen LogP contribution in [0.5, 0.6) is 0 Å². The van der Waals surface area contributed by atoms with Gasteiger partial charge in [0.15, 0.2) is 0 Å². The summed E-state index contributed by atoms with van der Waals surface area (Å²) in [6.45, 7) is 3.48. The Kier molecular flexibility index (Phi) is 4.98. The second-order valence-corrected chi connectivity index (χ2v) is 4.52. The Balaban J connectivity index is 1.70. The predicted octanol–water partition coefficient (Wildman–Crippen LogP) is 2.10. The van der Waals surface area contributed by atoms with E-state index >= 15 is 0 Å². The third-order valence-electron chi connectivity index (χ3n) is 3.06. The zero-order valence-corrected chi connectivity index (χ0v) is 10.4. The van der Waals surface area contributed by atoms with E-state index in [0.29, 0.717) is 12.7 Å². The lowest BCUT2D eigenvalue weighted by atomic mass is 10.1. The van der Waals surface area contributed by atoms with Gasteiger partial charge < -0.3 is 14.8 Å². The van der Waals surface area contributed by atoms with Crippen LogP contribution in [0.1, 0.15) is 24.0 Å². The Bertz CT molecular complexity index is 317. The molecule has 17 heavy (non-hydrogen) atoms. The SMILES string of the molecule is COCc1ccc(CNCC2CCCO2)cc1. The van der Waals surface area contributed by atoms with Gasteiger partial charge in [-0.05, 0) is 24.0 Å². The second kappa shape index (κ2) is 6.74. The van der Waals surface area contributed by atoms with E-state index in [4.69, 9.17) is 9.47 Å². The van der Waals surface area contributed by atoms with Gasteiger partial charge in [0.25, 0.3) is 0 Å². The van der Waals surface area contributed by atoms with E-state index in [1.807, 2.05) is 0 Å². The van der Waals surface area contributed by atoms with Gasteiger partial charge in [-0.15, -0.1) is 0 Å². The molecule has 1 saturated heterocycles. The molecule has 94 valence electrons. The van der Waals surface area contributed by atoms with Crippen LogP contribution >= 0.6 is 0 Å². The molecule has 1 aliphatic rings. The van der Waals surface area contributed by atoms with Gasteiger partial charge in [-0.1, -0.05) is 24.3 Å². The van der Waals surface area contributed by atoms with Gasteiger partial charge in [-0.3, -0.25) is 0 Å². The van der Waals surface area contributed by atoms with Crippen molar-refractivity contribution in [3.8, 4) is 0 Å². The molecule has 1 aromatic carbocycles. The maximum atomic E-state index is 5.56. The predicted molar refractivity (Wildman–Crippen MR) is 67.8 cm³/mol. The van der Waals surface area contributed by atoms with Gasteiger partial charge >= 0.3 is 0 Å². The van der Waals surface area contributed by atoms with Crippen molar-refractivity contribution < 1.29 is 9.47 Å². The first kappa shape index (κ1) is 12.6. The first-order valence-electron chi connectivity index (χ1n) is 6.27. The van der Waals surface area contributed by atoms with Crippen molar-refractivity contribution in [3.05, 3.63) is 35.4 Å². The van der Waals surface area contributed by atoms with Crippen molar-refractivity contribution in [2.24, 2.45) is 0 Å². The minimum absolute atomic E-state index is 0.419. The molecule has 1 unspecified atom stereocenters. The van der Waals surface area contributed by atoms with Crippen molar-refractivity contribution in [1.82, 2.24) is 5.32 Å². The summed E-state index contributed by atoms with van der Waals surface area (Å²) in [6, 6.07) is 8.53. The van der Waals surface area contributed by atoms with Gasteiger partial charge in [0.1, 0.15) is 0 Å². The highest BCUT2D eigenvalue weighted by Crippen LogP contribution is 2.11. The van der Waals surface area contributed by atoms with Crippen molar-refractivity contribution in [2.75, 3.05) is 20.3 Å². The molecule has 2 rings (SSSR count). The van der Waals surface area contributed by atoms with Crippen LogP contribution in [0.15, 0.2) is 24.3 Å². The average Bonchev–Trinajstić information content (AvgIpc) is 2.85. The molecule has 1 aromatic rings. The van der Waals surface area contributed by atoms with Crippen molar-refractivity contribution in [2.45, 2.75) is 32.1 Å². The molecule has 1 fully saturated rings. The fraction of sp³-hybridized carbons (Fsp3) is 0.571. The van der Waals surface area contributed by atoms with Crippen molar-refractivity contribution in [1.29, 1.82) is 0 Å². The van der Waals surface area contributed by atoms with Crippen LogP contribution in [0.2, 0.25) is 0 Å². The van der Waals surface area contributed by atoms with Crippen LogP contribution in [-0.4, -0.2) is 26.4 Å². The summed E-state index contributed by atoms with van der Waals surface area (Å²) in [7, 11) is 1.72. The third kappa shape index (κ3) is 4.11. The third-order valence-corrected chi connectivity index (χ3v) is 3.06. The summed E-state index contributed by atoms with van der Waals surface area (Å²) in [5, 5.41) is 3.44. The molecule has 0 bridgehead atoms. The summed E-state index contributed by atoms with van der Waals surface area (Å²) >= 11 is 0. The quantitative estimate of drug-likeness (QED) is 0.819. The topological polar surface area (TPSA) is 30.5 Å². The van der Waals surface area contributed by atoms with Gasteiger partial charge in [0, 0.05) is 26.8 Å². The monoisotopic (exact) mass is 235 g/mol. The molecular weight excluding hydrogens is 214 g/mol. The molecule has 3 heteroatoms. The lowest BCUT2D eigenvalue weighted by Crippen LogP contribution is -2.25. The van der Waals surface area contributed by atoms with Crippen molar-refractivity contribution in [3.63, 3.8) is 0 Å². The van der Waals surface area contributed by atoms with E-state index in [1.54, 1.807) is 7.11 Å². The Morgan fingerprint density at radius 1 is 1.29 bits per heavy atom. The zero-order chi connectivity index (χ0) is 11.9. The molecule has 0 radical (unpaired) electrons. The van der Waals surface area contributed by atoms with Gasteiger partial charge in [0.05, 0.1) is 12.7 Å². The maximum absolute atomic E-state index is 5.56. The van der Waals surface area contributed by atoms with E-state index in [9.17, 15) is 0 Å². The molecule has 0 aliphatic carbocycles. The zero-order valence-electron chi connectivity index (χ0n) is 10.4. The van der Waals surface area contributed by atoms with Crippen LogP contribution in [0.25, 0.3) is 0 Å². The highest BCUT2D eigenvalue weighted by Gasteiger charge is 2.14. The second-order valence-electron chi connectivity index (χ2n) is 4.52. The maximum Gasteiger partial charge on any atom is 0.0713 e. The molecule has 1 atom stereocenters. The minimum Gasteiger partial charge on any atom is -0.380 e. The first-order valence-corrected chi connectivity index (χ1v) is 6.27. The van der Waals surface area contributed by atoms with E-state index in [1.165, 1.54) is 24.0 Å². The van der Waals surface area contributed by atoms with Gasteiger partial charge in [0.2, 0.25) is 0 Å². The molecule has 1 heterocycles. The number of hydrogen-bond donors (Lipinski definition) is 1. The number of rotatable bonds is 6. The van der Waals surface area contributed by atoms with E-state index in [-0.39, 0.29) is 0 Å². The van der Waals surface area contributed by atoms with Crippen molar-refractivity contribution >= 4 is 0 Å². The minimum atomic E-state index is 0.419. The molecule has 3 nitrogen and oxygen atoms in total. The number of benzene rings is 1. The summed E-state index contributed by atoms with van der Waals surface area (Å²) < 4.78 is 10.6. The number of methoxy groups -OCH3 is 1. The van der Waals surface area contributed by atoms with E-state index in [2.05, 4.69) is 29.6 Å². The molecular formula is C14H21NO2. The summed E-state index contributed by atoms with van der Waals surface area (Å²) in [5.74, 6) is 0. The number of ether oxygens (including phenoxy) is 2. The molecule has 1 aliphatic heterocycles. The molecule has 1 N–H and O–H groups in total. The Labute approximate surface area is 103 Å². The average molecular weight is 235 g/mol. The highest BCUT2D eigenvalue weighted by atomic mass is 16.5. The smallest absolute Gasteiger partial charge is 0.0713 e. The Morgan fingerprint density at radius 3 is 2.71 bits per heavy atom. The van der Waals surface area contributed by atoms with Crippen LogP contribution in [-0.2, 0) is 22.6 Å². The number of nitrogens with one attached hydrogen (secondary N) is 1. The molecule has 0 saturated carbocycles. The standard InChI is InChI=1S/C14H21NO2/c1-16-11-13-6-4-12(5-7-13)9-15-10-14-3-2-8-17-14/h4-7,14-15H,2-3,8-11H2,1H3. The normalized spacial score (nSPS) is 19.7. The van der Waals surface area contributed by atoms with Gasteiger partial charge in [-0.25, -0.2) is 0 Å². The largest absolute Gasteiger partial charge is 0.380 e. The van der Waals surface area contributed by atoms with E-state index < -0.39 is 0 Å². The Morgan fingerprint density at radius 2 is 2.06 bits per heavy atom. The summed E-state index contributed by atoms with van der Waals surface area (Å²) in [5.41, 5.74) is 2.53.